The van der Waals surface area contributed by atoms with Crippen molar-refractivity contribution in [1.82, 2.24) is 4.98 Å². The van der Waals surface area contributed by atoms with Crippen molar-refractivity contribution >= 4 is 10.9 Å². The van der Waals surface area contributed by atoms with Crippen LogP contribution in [0.1, 0.15) is 56.2 Å². The fourth-order valence-electron chi connectivity index (χ4n) is 4.48. The predicted molar refractivity (Wildman–Crippen MR) is 75.9 cm³/mol. The highest BCUT2D eigenvalue weighted by Crippen LogP contribution is 2.55. The molecule has 1 aromatic carbocycles. The molecular formula is C17H21N. The second-order valence-electron chi connectivity index (χ2n) is 6.52. The van der Waals surface area contributed by atoms with Crippen molar-refractivity contribution in [3.63, 3.8) is 0 Å². The molecule has 2 aromatic rings. The maximum Gasteiger partial charge on any atom is 0.0459 e. The van der Waals surface area contributed by atoms with E-state index in [0.717, 1.165) is 5.92 Å². The Morgan fingerprint density at radius 1 is 1.17 bits per heavy atom. The van der Waals surface area contributed by atoms with Gasteiger partial charge < -0.3 is 4.98 Å². The zero-order chi connectivity index (χ0) is 12.2. The number of benzene rings is 1. The highest BCUT2D eigenvalue weighted by atomic mass is 14.7. The molecule has 1 saturated carbocycles. The number of rotatable bonds is 1. The van der Waals surface area contributed by atoms with Gasteiger partial charge in [-0.05, 0) is 48.6 Å². The van der Waals surface area contributed by atoms with Gasteiger partial charge in [0.2, 0.25) is 0 Å². The summed E-state index contributed by atoms with van der Waals surface area (Å²) in [7, 11) is 0. The summed E-state index contributed by atoms with van der Waals surface area (Å²) in [4.78, 5) is 3.65. The fourth-order valence-corrected chi connectivity index (χ4v) is 4.48. The minimum absolute atomic E-state index is 0.566. The summed E-state index contributed by atoms with van der Waals surface area (Å²) in [5, 5.41) is 1.49. The smallest absolute Gasteiger partial charge is 0.0459 e. The summed E-state index contributed by atoms with van der Waals surface area (Å²) in [5.41, 5.74) is 5.09. The Morgan fingerprint density at radius 2 is 1.94 bits per heavy atom. The molecule has 1 heteroatoms. The lowest BCUT2D eigenvalue weighted by molar-refractivity contribution is 0.261. The monoisotopic (exact) mass is 239 g/mol. The lowest BCUT2D eigenvalue weighted by Crippen LogP contribution is -2.20. The van der Waals surface area contributed by atoms with Gasteiger partial charge in [-0.25, -0.2) is 0 Å². The van der Waals surface area contributed by atoms with Crippen molar-refractivity contribution in [2.24, 2.45) is 5.41 Å². The van der Waals surface area contributed by atoms with Crippen molar-refractivity contribution in [2.45, 2.75) is 51.4 Å². The van der Waals surface area contributed by atoms with E-state index in [0.29, 0.717) is 5.41 Å². The molecule has 1 heterocycles. The van der Waals surface area contributed by atoms with Crippen LogP contribution in [-0.2, 0) is 6.42 Å². The molecule has 2 aliphatic carbocycles. The Balaban J connectivity index is 1.88. The van der Waals surface area contributed by atoms with Gasteiger partial charge in [0.25, 0.3) is 0 Å². The summed E-state index contributed by atoms with van der Waals surface area (Å²) in [6.45, 7) is 2.53. The van der Waals surface area contributed by atoms with Crippen molar-refractivity contribution < 1.29 is 0 Å². The van der Waals surface area contributed by atoms with E-state index in [2.05, 4.69) is 36.2 Å². The SMILES string of the molecule is CC1(C2CCc3[nH]c4ccccc4c32)CCCC1. The second kappa shape index (κ2) is 3.63. The van der Waals surface area contributed by atoms with Crippen LogP contribution in [0.5, 0.6) is 0 Å². The number of nitrogens with one attached hydrogen (secondary N) is 1. The first-order valence-corrected chi connectivity index (χ1v) is 7.37. The first-order chi connectivity index (χ1) is 8.78. The van der Waals surface area contributed by atoms with E-state index in [4.69, 9.17) is 0 Å². The molecule has 0 saturated heterocycles. The molecule has 0 amide bonds. The van der Waals surface area contributed by atoms with Gasteiger partial charge in [-0.3, -0.25) is 0 Å². The van der Waals surface area contributed by atoms with Gasteiger partial charge in [0.05, 0.1) is 0 Å². The van der Waals surface area contributed by atoms with Crippen molar-refractivity contribution in [3.8, 4) is 0 Å². The van der Waals surface area contributed by atoms with E-state index in [9.17, 15) is 0 Å². The van der Waals surface area contributed by atoms with Crippen LogP contribution < -0.4 is 0 Å². The number of H-pyrrole nitrogens is 1. The Kier molecular flexibility index (Phi) is 2.15. The van der Waals surface area contributed by atoms with E-state index in [1.807, 2.05) is 0 Å². The molecule has 1 nitrogen and oxygen atoms in total. The maximum absolute atomic E-state index is 3.65. The molecule has 1 aromatic heterocycles. The molecule has 1 N–H and O–H groups in total. The number of hydrogen-bond acceptors (Lipinski definition) is 0. The third kappa shape index (κ3) is 1.33. The van der Waals surface area contributed by atoms with Crippen LogP contribution >= 0.6 is 0 Å². The predicted octanol–water partition coefficient (Wildman–Crippen LogP) is 4.78. The van der Waals surface area contributed by atoms with Crippen LogP contribution in [0.25, 0.3) is 10.9 Å². The van der Waals surface area contributed by atoms with Crippen LogP contribution in [0, 0.1) is 5.41 Å². The highest BCUT2D eigenvalue weighted by molar-refractivity contribution is 5.86. The van der Waals surface area contributed by atoms with Crippen LogP contribution in [0.3, 0.4) is 0 Å². The van der Waals surface area contributed by atoms with E-state index in [1.165, 1.54) is 55.1 Å². The molecular weight excluding hydrogens is 218 g/mol. The summed E-state index contributed by atoms with van der Waals surface area (Å²) in [6.07, 6.45) is 8.34. The normalized spacial score (nSPS) is 25.7. The number of hydrogen-bond donors (Lipinski definition) is 1. The molecule has 2 aliphatic rings. The summed E-state index contributed by atoms with van der Waals surface area (Å²) < 4.78 is 0. The first kappa shape index (κ1) is 10.7. The molecule has 1 fully saturated rings. The standard InChI is InChI=1S/C17H21N/c1-17(10-4-5-11-17)13-8-9-15-16(13)12-6-2-3-7-14(12)18-15/h2-3,6-7,13,18H,4-5,8-11H2,1H3. The minimum Gasteiger partial charge on any atom is -0.358 e. The lowest BCUT2D eigenvalue weighted by Gasteiger charge is -2.31. The molecule has 4 rings (SSSR count). The van der Waals surface area contributed by atoms with Crippen LogP contribution in [-0.4, -0.2) is 4.98 Å². The van der Waals surface area contributed by atoms with Gasteiger partial charge in [0, 0.05) is 16.6 Å². The van der Waals surface area contributed by atoms with Crippen LogP contribution in [0.2, 0.25) is 0 Å². The van der Waals surface area contributed by atoms with Gasteiger partial charge in [-0.1, -0.05) is 38.0 Å². The van der Waals surface area contributed by atoms with Crippen molar-refractivity contribution in [3.05, 3.63) is 35.5 Å². The van der Waals surface area contributed by atoms with Crippen molar-refractivity contribution in [2.75, 3.05) is 0 Å². The van der Waals surface area contributed by atoms with E-state index < -0.39 is 0 Å². The van der Waals surface area contributed by atoms with Crippen LogP contribution in [0.15, 0.2) is 24.3 Å². The maximum atomic E-state index is 3.65. The molecule has 0 aliphatic heterocycles. The van der Waals surface area contributed by atoms with Gasteiger partial charge >= 0.3 is 0 Å². The summed E-state index contributed by atoms with van der Waals surface area (Å²) >= 11 is 0. The second-order valence-corrected chi connectivity index (χ2v) is 6.52. The van der Waals surface area contributed by atoms with Gasteiger partial charge in [0.15, 0.2) is 0 Å². The van der Waals surface area contributed by atoms with Gasteiger partial charge in [-0.2, -0.15) is 0 Å². The molecule has 1 unspecified atom stereocenters. The molecule has 0 radical (unpaired) electrons. The molecule has 94 valence electrons. The molecule has 18 heavy (non-hydrogen) atoms. The third-order valence-electron chi connectivity index (χ3n) is 5.45. The number of aromatic amines is 1. The fraction of sp³-hybridized carbons (Fsp3) is 0.529. The van der Waals surface area contributed by atoms with E-state index >= 15 is 0 Å². The van der Waals surface area contributed by atoms with E-state index in [1.54, 1.807) is 5.56 Å². The average molecular weight is 239 g/mol. The zero-order valence-corrected chi connectivity index (χ0v) is 11.1. The summed E-state index contributed by atoms with van der Waals surface area (Å²) in [6, 6.07) is 8.85. The van der Waals surface area contributed by atoms with Gasteiger partial charge in [-0.15, -0.1) is 0 Å². The average Bonchev–Trinajstić information content (AvgIpc) is 3.03. The Hall–Kier alpha value is -1.24. The Labute approximate surface area is 109 Å². The molecule has 1 atom stereocenters. The number of aromatic nitrogens is 1. The quantitative estimate of drug-likeness (QED) is 0.737. The molecule has 0 bridgehead atoms. The van der Waals surface area contributed by atoms with E-state index in [-0.39, 0.29) is 0 Å². The summed E-state index contributed by atoms with van der Waals surface area (Å²) in [5.74, 6) is 0.797. The van der Waals surface area contributed by atoms with Gasteiger partial charge in [0.1, 0.15) is 0 Å². The Bertz CT molecular complexity index is 587. The first-order valence-electron chi connectivity index (χ1n) is 7.37. The minimum atomic E-state index is 0.566. The number of aryl methyl sites for hydroxylation is 1. The molecule has 0 spiro atoms. The highest BCUT2D eigenvalue weighted by Gasteiger charge is 2.42. The largest absolute Gasteiger partial charge is 0.358 e. The zero-order valence-electron chi connectivity index (χ0n) is 11.1. The van der Waals surface area contributed by atoms with Crippen molar-refractivity contribution in [1.29, 1.82) is 0 Å². The lowest BCUT2D eigenvalue weighted by atomic mass is 9.72. The topological polar surface area (TPSA) is 15.8 Å². The van der Waals surface area contributed by atoms with Crippen LogP contribution in [0.4, 0.5) is 0 Å². The third-order valence-corrected chi connectivity index (χ3v) is 5.45. The Morgan fingerprint density at radius 3 is 2.78 bits per heavy atom. The number of fused-ring (bicyclic) bond motifs is 3. The number of para-hydroxylation sites is 1.